The van der Waals surface area contributed by atoms with Crippen LogP contribution in [0.4, 0.5) is 4.79 Å². The first kappa shape index (κ1) is 22.3. The van der Waals surface area contributed by atoms with Crippen molar-refractivity contribution in [2.45, 2.75) is 25.4 Å². The van der Waals surface area contributed by atoms with Gasteiger partial charge >= 0.3 is 6.03 Å². The third-order valence-electron chi connectivity index (χ3n) is 5.19. The van der Waals surface area contributed by atoms with Crippen LogP contribution in [0.1, 0.15) is 24.5 Å². The largest absolute Gasteiger partial charge is 0.370 e. The third-order valence-corrected chi connectivity index (χ3v) is 5.44. The molecular weight excluding hydrogens is 420 g/mol. The Morgan fingerprint density at radius 1 is 1.10 bits per heavy atom. The molecule has 0 radical (unpaired) electrons. The van der Waals surface area contributed by atoms with Crippen molar-refractivity contribution >= 4 is 35.4 Å². The molecule has 1 unspecified atom stereocenters. The van der Waals surface area contributed by atoms with Gasteiger partial charge in [0.25, 0.3) is 5.91 Å². The zero-order chi connectivity index (χ0) is 22.6. The molecule has 0 saturated carbocycles. The molecule has 8 nitrogen and oxygen atoms in total. The van der Waals surface area contributed by atoms with E-state index in [9.17, 15) is 19.2 Å². The number of benzene rings is 2. The van der Waals surface area contributed by atoms with E-state index in [0.29, 0.717) is 10.6 Å². The van der Waals surface area contributed by atoms with Crippen LogP contribution < -0.4 is 11.1 Å². The van der Waals surface area contributed by atoms with E-state index in [0.717, 1.165) is 10.5 Å². The quantitative estimate of drug-likeness (QED) is 0.609. The molecule has 3 rings (SSSR count). The maximum atomic E-state index is 13.1. The first-order chi connectivity index (χ1) is 14.7. The molecule has 9 heteroatoms. The van der Waals surface area contributed by atoms with E-state index in [2.05, 4.69) is 5.32 Å². The number of nitrogens with one attached hydrogen (secondary N) is 1. The van der Waals surface area contributed by atoms with Gasteiger partial charge in [-0.1, -0.05) is 54.1 Å². The summed E-state index contributed by atoms with van der Waals surface area (Å²) in [6.45, 7) is 1.45. The summed E-state index contributed by atoms with van der Waals surface area (Å²) in [4.78, 5) is 52.1. The lowest BCUT2D eigenvalue weighted by molar-refractivity contribution is -0.139. The van der Waals surface area contributed by atoms with Crippen LogP contribution in [0.2, 0.25) is 5.02 Å². The standard InChI is InChI=1S/C22H23ClN4O4/c1-22(16-7-9-17(23)10-8-16)20(30)27(21(31)25-22)14-19(29)26(12-11-18(24)28)13-15-5-3-2-4-6-15/h2-10H,11-14H2,1H3,(H2,24,28)(H,25,31). The summed E-state index contributed by atoms with van der Waals surface area (Å²) in [6.07, 6.45) is -0.0266. The Balaban J connectivity index is 1.77. The van der Waals surface area contributed by atoms with Crippen molar-refractivity contribution < 1.29 is 19.2 Å². The molecule has 1 aliphatic heterocycles. The molecule has 1 fully saturated rings. The van der Waals surface area contributed by atoms with Gasteiger partial charge in [0.05, 0.1) is 0 Å². The molecule has 0 spiro atoms. The van der Waals surface area contributed by atoms with E-state index >= 15 is 0 Å². The Morgan fingerprint density at radius 3 is 2.35 bits per heavy atom. The third kappa shape index (κ3) is 5.03. The number of hydrogen-bond acceptors (Lipinski definition) is 4. The number of imide groups is 1. The molecule has 0 bridgehead atoms. The minimum absolute atomic E-state index is 0.0266. The fourth-order valence-electron chi connectivity index (χ4n) is 3.40. The van der Waals surface area contributed by atoms with Gasteiger partial charge in [-0.2, -0.15) is 0 Å². The Kier molecular flexibility index (Phi) is 6.60. The minimum Gasteiger partial charge on any atom is -0.370 e. The average molecular weight is 443 g/mol. The number of nitrogens with zero attached hydrogens (tertiary/aromatic N) is 2. The summed E-state index contributed by atoms with van der Waals surface area (Å²) in [5, 5.41) is 3.16. The number of halogens is 1. The van der Waals surface area contributed by atoms with Gasteiger partial charge < -0.3 is 16.0 Å². The maximum absolute atomic E-state index is 13.1. The molecule has 2 aromatic carbocycles. The van der Waals surface area contributed by atoms with Crippen molar-refractivity contribution in [3.63, 3.8) is 0 Å². The summed E-state index contributed by atoms with van der Waals surface area (Å²) in [5.74, 6) is -1.55. The molecule has 31 heavy (non-hydrogen) atoms. The molecule has 1 heterocycles. The highest BCUT2D eigenvalue weighted by molar-refractivity contribution is 6.30. The molecule has 1 saturated heterocycles. The highest BCUT2D eigenvalue weighted by Crippen LogP contribution is 2.29. The van der Waals surface area contributed by atoms with Crippen molar-refractivity contribution in [2.75, 3.05) is 13.1 Å². The van der Waals surface area contributed by atoms with Crippen LogP contribution in [-0.4, -0.2) is 46.6 Å². The van der Waals surface area contributed by atoms with Gasteiger partial charge in [0, 0.05) is 24.5 Å². The zero-order valence-electron chi connectivity index (χ0n) is 17.0. The van der Waals surface area contributed by atoms with E-state index in [4.69, 9.17) is 17.3 Å². The summed E-state index contributed by atoms with van der Waals surface area (Å²) in [5.41, 5.74) is 5.34. The number of rotatable bonds is 8. The van der Waals surface area contributed by atoms with Gasteiger partial charge in [0.15, 0.2) is 0 Å². The van der Waals surface area contributed by atoms with Gasteiger partial charge in [-0.25, -0.2) is 4.79 Å². The number of hydrogen-bond donors (Lipinski definition) is 2. The Labute approximate surface area is 184 Å². The summed E-state index contributed by atoms with van der Waals surface area (Å²) in [6, 6.07) is 15.1. The maximum Gasteiger partial charge on any atom is 0.325 e. The van der Waals surface area contributed by atoms with E-state index in [-0.39, 0.29) is 19.5 Å². The predicted octanol–water partition coefficient (Wildman–Crippen LogP) is 2.01. The first-order valence-electron chi connectivity index (χ1n) is 9.71. The SMILES string of the molecule is CC1(c2ccc(Cl)cc2)NC(=O)N(CC(=O)N(CCC(N)=O)Cc2ccccc2)C1=O. The van der Waals surface area contributed by atoms with Crippen molar-refractivity contribution in [3.05, 3.63) is 70.7 Å². The second-order valence-electron chi connectivity index (χ2n) is 7.47. The van der Waals surface area contributed by atoms with Gasteiger partial charge in [-0.15, -0.1) is 0 Å². The van der Waals surface area contributed by atoms with Crippen LogP contribution in [0, 0.1) is 0 Å². The number of carbonyl (C=O) groups excluding carboxylic acids is 4. The molecule has 0 aliphatic carbocycles. The molecule has 1 atom stereocenters. The minimum atomic E-state index is -1.31. The molecular formula is C22H23ClN4O4. The normalized spacial score (nSPS) is 18.1. The fraction of sp³-hybridized carbons (Fsp3) is 0.273. The van der Waals surface area contributed by atoms with Crippen LogP contribution in [0.25, 0.3) is 0 Å². The lowest BCUT2D eigenvalue weighted by atomic mass is 9.92. The average Bonchev–Trinajstić information content (AvgIpc) is 2.96. The lowest BCUT2D eigenvalue weighted by Gasteiger charge is -2.25. The molecule has 162 valence electrons. The van der Waals surface area contributed by atoms with Gasteiger partial charge in [0.1, 0.15) is 12.1 Å². The predicted molar refractivity (Wildman–Crippen MR) is 115 cm³/mol. The van der Waals surface area contributed by atoms with Crippen molar-refractivity contribution in [2.24, 2.45) is 5.73 Å². The Hall–Kier alpha value is -3.39. The van der Waals surface area contributed by atoms with E-state index in [1.54, 1.807) is 31.2 Å². The monoisotopic (exact) mass is 442 g/mol. The summed E-state index contributed by atoms with van der Waals surface area (Å²) < 4.78 is 0. The number of nitrogens with two attached hydrogens (primary N) is 1. The van der Waals surface area contributed by atoms with Crippen LogP contribution in [0.15, 0.2) is 54.6 Å². The summed E-state index contributed by atoms with van der Waals surface area (Å²) in [7, 11) is 0. The molecule has 3 N–H and O–H groups in total. The van der Waals surface area contributed by atoms with Crippen molar-refractivity contribution in [1.82, 2.24) is 15.1 Å². The molecule has 5 amide bonds. The highest BCUT2D eigenvalue weighted by Gasteiger charge is 2.49. The summed E-state index contributed by atoms with van der Waals surface area (Å²) >= 11 is 5.91. The number of urea groups is 1. The fourth-order valence-corrected chi connectivity index (χ4v) is 3.52. The van der Waals surface area contributed by atoms with Crippen molar-refractivity contribution in [3.8, 4) is 0 Å². The second-order valence-corrected chi connectivity index (χ2v) is 7.91. The topological polar surface area (TPSA) is 113 Å². The lowest BCUT2D eigenvalue weighted by Crippen LogP contribution is -2.45. The Bertz CT molecular complexity index is 996. The first-order valence-corrected chi connectivity index (χ1v) is 10.1. The van der Waals surface area contributed by atoms with Crippen LogP contribution in [0.3, 0.4) is 0 Å². The zero-order valence-corrected chi connectivity index (χ0v) is 17.8. The highest BCUT2D eigenvalue weighted by atomic mass is 35.5. The van der Waals surface area contributed by atoms with E-state index < -0.39 is 35.8 Å². The number of carbonyl (C=O) groups is 4. The van der Waals surface area contributed by atoms with Crippen LogP contribution in [-0.2, 0) is 26.5 Å². The molecule has 0 aromatic heterocycles. The molecule has 1 aliphatic rings. The Morgan fingerprint density at radius 2 is 1.74 bits per heavy atom. The number of primary amides is 1. The van der Waals surface area contributed by atoms with Crippen LogP contribution >= 0.6 is 11.6 Å². The van der Waals surface area contributed by atoms with E-state index in [1.165, 1.54) is 4.90 Å². The van der Waals surface area contributed by atoms with Gasteiger partial charge in [-0.05, 0) is 30.2 Å². The van der Waals surface area contributed by atoms with E-state index in [1.807, 2.05) is 30.3 Å². The van der Waals surface area contributed by atoms with Gasteiger partial charge in [0.2, 0.25) is 11.8 Å². The van der Waals surface area contributed by atoms with Crippen molar-refractivity contribution in [1.29, 1.82) is 0 Å². The smallest absolute Gasteiger partial charge is 0.325 e. The second kappa shape index (κ2) is 9.18. The van der Waals surface area contributed by atoms with Crippen LogP contribution in [0.5, 0.6) is 0 Å². The molecule has 2 aromatic rings. The van der Waals surface area contributed by atoms with Gasteiger partial charge in [-0.3, -0.25) is 19.3 Å². The number of amides is 5.